The second-order valence-corrected chi connectivity index (χ2v) is 9.14. The summed E-state index contributed by atoms with van der Waals surface area (Å²) in [6, 6.07) is 14.6. The summed E-state index contributed by atoms with van der Waals surface area (Å²) >= 11 is 0. The van der Waals surface area contributed by atoms with Crippen LogP contribution >= 0.6 is 0 Å². The molecular formula is C20H23FN2O2S. The average molecular weight is 374 g/mol. The zero-order valence-corrected chi connectivity index (χ0v) is 15.5. The van der Waals surface area contributed by atoms with Gasteiger partial charge >= 0.3 is 0 Å². The van der Waals surface area contributed by atoms with Crippen molar-refractivity contribution in [1.82, 2.24) is 9.21 Å². The van der Waals surface area contributed by atoms with E-state index in [-0.39, 0.29) is 11.8 Å². The van der Waals surface area contributed by atoms with Gasteiger partial charge in [-0.2, -0.15) is 0 Å². The van der Waals surface area contributed by atoms with Crippen LogP contribution in [-0.4, -0.2) is 43.3 Å². The Bertz CT molecular complexity index is 900. The van der Waals surface area contributed by atoms with E-state index in [1.165, 1.54) is 23.3 Å². The van der Waals surface area contributed by atoms with Gasteiger partial charge in [0.2, 0.25) is 10.0 Å². The van der Waals surface area contributed by atoms with Gasteiger partial charge in [-0.05, 0) is 41.7 Å². The third-order valence-electron chi connectivity index (χ3n) is 5.43. The largest absolute Gasteiger partial charge is 0.294 e. The summed E-state index contributed by atoms with van der Waals surface area (Å²) in [5.41, 5.74) is 3.25. The van der Waals surface area contributed by atoms with Crippen LogP contribution in [0.15, 0.2) is 48.5 Å². The molecule has 0 saturated carbocycles. The molecular weight excluding hydrogens is 351 g/mol. The first-order valence-electron chi connectivity index (χ1n) is 9.04. The molecule has 0 aromatic heterocycles. The second kappa shape index (κ2) is 7.10. The number of nitrogens with zero attached hydrogens (tertiary/aromatic N) is 2. The van der Waals surface area contributed by atoms with Crippen molar-refractivity contribution in [3.63, 3.8) is 0 Å². The average Bonchev–Trinajstić information content (AvgIpc) is 3.12. The lowest BCUT2D eigenvalue weighted by atomic mass is 9.98. The van der Waals surface area contributed by atoms with Crippen LogP contribution in [0.2, 0.25) is 0 Å². The minimum atomic E-state index is -3.42. The molecule has 0 amide bonds. The molecule has 0 N–H and O–H groups in total. The minimum absolute atomic E-state index is 0.139. The highest BCUT2D eigenvalue weighted by Gasteiger charge is 2.35. The van der Waals surface area contributed by atoms with Crippen LogP contribution in [-0.2, 0) is 28.7 Å². The number of halogens is 1. The normalized spacial score (nSPS) is 21.7. The van der Waals surface area contributed by atoms with E-state index in [0.29, 0.717) is 18.7 Å². The molecule has 4 nitrogen and oxygen atoms in total. The number of hydrogen-bond donors (Lipinski definition) is 0. The fourth-order valence-electron chi connectivity index (χ4n) is 4.02. The third-order valence-corrected chi connectivity index (χ3v) is 7.25. The molecule has 0 spiro atoms. The van der Waals surface area contributed by atoms with Gasteiger partial charge in [-0.15, -0.1) is 0 Å². The molecule has 2 aromatic rings. The molecule has 0 aliphatic carbocycles. The highest BCUT2D eigenvalue weighted by Crippen LogP contribution is 2.26. The molecule has 6 heteroatoms. The van der Waals surface area contributed by atoms with E-state index in [0.717, 1.165) is 25.9 Å². The van der Waals surface area contributed by atoms with E-state index >= 15 is 0 Å². The van der Waals surface area contributed by atoms with Gasteiger partial charge in [-0.1, -0.05) is 36.4 Å². The molecule has 26 heavy (non-hydrogen) atoms. The first kappa shape index (κ1) is 17.6. The maximum absolute atomic E-state index is 13.3. The maximum Gasteiger partial charge on any atom is 0.218 e. The number of fused-ring (bicyclic) bond motifs is 1. The highest BCUT2D eigenvalue weighted by atomic mass is 32.2. The van der Waals surface area contributed by atoms with Gasteiger partial charge in [0, 0.05) is 32.2 Å². The van der Waals surface area contributed by atoms with Crippen LogP contribution < -0.4 is 0 Å². The fourth-order valence-corrected chi connectivity index (χ4v) is 5.59. The summed E-state index contributed by atoms with van der Waals surface area (Å²) in [7, 11) is -3.42. The van der Waals surface area contributed by atoms with Gasteiger partial charge in [0.25, 0.3) is 0 Å². The van der Waals surface area contributed by atoms with Crippen molar-refractivity contribution in [3.05, 3.63) is 71.0 Å². The lowest BCUT2D eigenvalue weighted by molar-refractivity contribution is 0.185. The van der Waals surface area contributed by atoms with Gasteiger partial charge in [-0.3, -0.25) is 4.90 Å². The molecule has 1 atom stereocenters. The molecule has 4 rings (SSSR count). The quantitative estimate of drug-likeness (QED) is 0.826. The fraction of sp³-hybridized carbons (Fsp3) is 0.400. The Hall–Kier alpha value is -1.76. The van der Waals surface area contributed by atoms with Crippen molar-refractivity contribution in [2.24, 2.45) is 0 Å². The van der Waals surface area contributed by atoms with Crippen molar-refractivity contribution in [2.45, 2.75) is 31.2 Å². The number of benzene rings is 2. The Morgan fingerprint density at radius 3 is 2.65 bits per heavy atom. The van der Waals surface area contributed by atoms with Crippen molar-refractivity contribution in [3.8, 4) is 0 Å². The van der Waals surface area contributed by atoms with E-state index in [1.54, 1.807) is 16.4 Å². The minimum Gasteiger partial charge on any atom is -0.294 e. The van der Waals surface area contributed by atoms with Gasteiger partial charge < -0.3 is 0 Å². The van der Waals surface area contributed by atoms with Crippen LogP contribution in [0, 0.1) is 5.82 Å². The smallest absolute Gasteiger partial charge is 0.218 e. The van der Waals surface area contributed by atoms with Gasteiger partial charge in [-0.25, -0.2) is 17.1 Å². The van der Waals surface area contributed by atoms with Gasteiger partial charge in [0.15, 0.2) is 0 Å². The van der Waals surface area contributed by atoms with Crippen LogP contribution in [0.4, 0.5) is 4.39 Å². The Balaban J connectivity index is 1.42. The van der Waals surface area contributed by atoms with Crippen LogP contribution in [0.5, 0.6) is 0 Å². The van der Waals surface area contributed by atoms with Crippen molar-refractivity contribution >= 4 is 10.0 Å². The molecule has 138 valence electrons. The third kappa shape index (κ3) is 3.68. The lowest BCUT2D eigenvalue weighted by Gasteiger charge is -2.33. The van der Waals surface area contributed by atoms with Crippen molar-refractivity contribution < 1.29 is 12.8 Å². The summed E-state index contributed by atoms with van der Waals surface area (Å²) in [6.45, 7) is 2.93. The number of hydrogen-bond acceptors (Lipinski definition) is 3. The molecule has 1 saturated heterocycles. The van der Waals surface area contributed by atoms with Crippen LogP contribution in [0.1, 0.15) is 23.1 Å². The van der Waals surface area contributed by atoms with Gasteiger partial charge in [0.05, 0.1) is 5.75 Å². The molecule has 2 aromatic carbocycles. The Kier molecular flexibility index (Phi) is 4.82. The van der Waals surface area contributed by atoms with E-state index in [4.69, 9.17) is 0 Å². The van der Waals surface area contributed by atoms with Crippen molar-refractivity contribution in [1.29, 1.82) is 0 Å². The topological polar surface area (TPSA) is 40.6 Å². The standard InChI is InChI=1S/C20H23FN2O2S/c21-19-7-3-4-16(12-19)15-26(24,25)23-11-9-20(14-23)22-10-8-17-5-1-2-6-18(17)13-22/h1-7,12,20H,8-11,13-15H2. The zero-order valence-electron chi connectivity index (χ0n) is 14.6. The first-order valence-corrected chi connectivity index (χ1v) is 10.7. The molecule has 2 aliphatic rings. The predicted molar refractivity (Wildman–Crippen MR) is 99.6 cm³/mol. The Labute approximate surface area is 154 Å². The first-order chi connectivity index (χ1) is 12.5. The summed E-state index contributed by atoms with van der Waals surface area (Å²) in [4.78, 5) is 2.40. The molecule has 1 fully saturated rings. The summed E-state index contributed by atoms with van der Waals surface area (Å²) in [5.74, 6) is -0.538. The summed E-state index contributed by atoms with van der Waals surface area (Å²) < 4.78 is 40.4. The van der Waals surface area contributed by atoms with E-state index in [1.807, 2.05) is 0 Å². The number of sulfonamides is 1. The Morgan fingerprint density at radius 1 is 1.04 bits per heavy atom. The van der Waals surface area contributed by atoms with E-state index < -0.39 is 15.8 Å². The predicted octanol–water partition coefficient (Wildman–Crippen LogP) is 2.79. The maximum atomic E-state index is 13.3. The van der Waals surface area contributed by atoms with Crippen LogP contribution in [0.3, 0.4) is 0 Å². The van der Waals surface area contributed by atoms with Gasteiger partial charge in [0.1, 0.15) is 5.82 Å². The molecule has 2 heterocycles. The molecule has 0 bridgehead atoms. The summed E-state index contributed by atoms with van der Waals surface area (Å²) in [5, 5.41) is 0. The molecule has 1 unspecified atom stereocenters. The zero-order chi connectivity index (χ0) is 18.1. The van der Waals surface area contributed by atoms with E-state index in [9.17, 15) is 12.8 Å². The SMILES string of the molecule is O=S(=O)(Cc1cccc(F)c1)N1CCC(N2CCc3ccccc3C2)C1. The number of rotatable bonds is 4. The Morgan fingerprint density at radius 2 is 1.85 bits per heavy atom. The second-order valence-electron chi connectivity index (χ2n) is 7.18. The highest BCUT2D eigenvalue weighted by molar-refractivity contribution is 7.88. The van der Waals surface area contributed by atoms with Crippen LogP contribution in [0.25, 0.3) is 0 Å². The van der Waals surface area contributed by atoms with Crippen molar-refractivity contribution in [2.75, 3.05) is 19.6 Å². The molecule has 2 aliphatic heterocycles. The monoisotopic (exact) mass is 374 g/mol. The van der Waals surface area contributed by atoms with E-state index in [2.05, 4.69) is 29.2 Å². The lowest BCUT2D eigenvalue weighted by Crippen LogP contribution is -2.41. The molecule has 0 radical (unpaired) electrons. The summed E-state index contributed by atoms with van der Waals surface area (Å²) in [6.07, 6.45) is 1.87.